The predicted molar refractivity (Wildman–Crippen MR) is 56.8 cm³/mol. The summed E-state index contributed by atoms with van der Waals surface area (Å²) in [7, 11) is 0. The molecule has 2 rings (SSSR count). The molecule has 13 heavy (non-hydrogen) atoms. The summed E-state index contributed by atoms with van der Waals surface area (Å²) in [5, 5.41) is 3.80. The third-order valence-electron chi connectivity index (χ3n) is 4.11. The van der Waals surface area contributed by atoms with E-state index in [2.05, 4.69) is 12.2 Å². The van der Waals surface area contributed by atoms with E-state index in [1.165, 1.54) is 57.9 Å². The third kappa shape index (κ3) is 2.07. The quantitative estimate of drug-likeness (QED) is 0.655. The molecule has 1 spiro atoms. The lowest BCUT2D eigenvalue weighted by atomic mass is 9.71. The standard InChI is InChI=1S/C12H23N/c1-2-11-6-5-8-12(10-11)7-3-4-9-13-12/h11,13H,2-10H2,1H3. The van der Waals surface area contributed by atoms with Crippen LogP contribution in [0.3, 0.4) is 0 Å². The first-order chi connectivity index (χ1) is 6.35. The monoisotopic (exact) mass is 181 g/mol. The van der Waals surface area contributed by atoms with Crippen molar-refractivity contribution in [2.24, 2.45) is 5.92 Å². The van der Waals surface area contributed by atoms with E-state index in [0.29, 0.717) is 5.54 Å². The highest BCUT2D eigenvalue weighted by Crippen LogP contribution is 2.38. The molecule has 1 aliphatic heterocycles. The summed E-state index contributed by atoms with van der Waals surface area (Å²) < 4.78 is 0. The summed E-state index contributed by atoms with van der Waals surface area (Å²) in [5.41, 5.74) is 0.581. The van der Waals surface area contributed by atoms with Crippen molar-refractivity contribution in [3.05, 3.63) is 0 Å². The average Bonchev–Trinajstić information content (AvgIpc) is 2.19. The Balaban J connectivity index is 1.95. The van der Waals surface area contributed by atoms with Gasteiger partial charge in [-0.05, 0) is 38.1 Å². The van der Waals surface area contributed by atoms with E-state index >= 15 is 0 Å². The Labute approximate surface area is 82.3 Å². The second-order valence-electron chi connectivity index (χ2n) is 5.03. The van der Waals surface area contributed by atoms with Crippen LogP contribution in [0.25, 0.3) is 0 Å². The predicted octanol–water partition coefficient (Wildman–Crippen LogP) is 3.10. The molecule has 0 aromatic heterocycles. The van der Waals surface area contributed by atoms with Crippen molar-refractivity contribution >= 4 is 0 Å². The van der Waals surface area contributed by atoms with Gasteiger partial charge in [0.25, 0.3) is 0 Å². The van der Waals surface area contributed by atoms with Gasteiger partial charge in [-0.15, -0.1) is 0 Å². The molecule has 1 saturated carbocycles. The van der Waals surface area contributed by atoms with Gasteiger partial charge < -0.3 is 5.32 Å². The Morgan fingerprint density at radius 2 is 2.08 bits per heavy atom. The van der Waals surface area contributed by atoms with Crippen LogP contribution >= 0.6 is 0 Å². The Kier molecular flexibility index (Phi) is 2.92. The van der Waals surface area contributed by atoms with E-state index in [1.807, 2.05) is 0 Å². The van der Waals surface area contributed by atoms with Crippen LogP contribution in [-0.2, 0) is 0 Å². The number of rotatable bonds is 1. The summed E-state index contributed by atoms with van der Waals surface area (Å²) in [6, 6.07) is 0. The van der Waals surface area contributed by atoms with Crippen molar-refractivity contribution in [1.29, 1.82) is 0 Å². The molecule has 0 aromatic carbocycles. The van der Waals surface area contributed by atoms with Crippen LogP contribution in [0, 0.1) is 5.92 Å². The first-order valence-corrected chi connectivity index (χ1v) is 6.10. The van der Waals surface area contributed by atoms with Crippen molar-refractivity contribution in [2.75, 3.05) is 6.54 Å². The van der Waals surface area contributed by atoms with Crippen LogP contribution in [0.15, 0.2) is 0 Å². The van der Waals surface area contributed by atoms with E-state index in [4.69, 9.17) is 0 Å². The Hall–Kier alpha value is -0.0400. The molecular formula is C12H23N. The van der Waals surface area contributed by atoms with Gasteiger partial charge in [0.1, 0.15) is 0 Å². The van der Waals surface area contributed by atoms with Gasteiger partial charge in [-0.2, -0.15) is 0 Å². The van der Waals surface area contributed by atoms with Crippen LogP contribution in [-0.4, -0.2) is 12.1 Å². The lowest BCUT2D eigenvalue weighted by molar-refractivity contribution is 0.141. The number of piperidine rings is 1. The minimum atomic E-state index is 0.581. The Morgan fingerprint density at radius 3 is 2.77 bits per heavy atom. The van der Waals surface area contributed by atoms with Crippen molar-refractivity contribution in [3.63, 3.8) is 0 Å². The van der Waals surface area contributed by atoms with Gasteiger partial charge in [-0.3, -0.25) is 0 Å². The van der Waals surface area contributed by atoms with E-state index in [1.54, 1.807) is 0 Å². The largest absolute Gasteiger partial charge is 0.311 e. The molecule has 1 heterocycles. The molecule has 0 bridgehead atoms. The van der Waals surface area contributed by atoms with Gasteiger partial charge >= 0.3 is 0 Å². The lowest BCUT2D eigenvalue weighted by Crippen LogP contribution is -2.51. The minimum Gasteiger partial charge on any atom is -0.311 e. The zero-order valence-electron chi connectivity index (χ0n) is 8.94. The van der Waals surface area contributed by atoms with Crippen LogP contribution < -0.4 is 5.32 Å². The molecule has 0 aromatic rings. The highest BCUT2D eigenvalue weighted by molar-refractivity contribution is 4.95. The molecule has 1 saturated heterocycles. The van der Waals surface area contributed by atoms with Crippen LogP contribution in [0.2, 0.25) is 0 Å². The van der Waals surface area contributed by atoms with Gasteiger partial charge in [0, 0.05) is 5.54 Å². The summed E-state index contributed by atoms with van der Waals surface area (Å²) in [6.45, 7) is 3.63. The van der Waals surface area contributed by atoms with Crippen molar-refractivity contribution in [1.82, 2.24) is 5.32 Å². The van der Waals surface area contributed by atoms with Gasteiger partial charge in [0.2, 0.25) is 0 Å². The summed E-state index contributed by atoms with van der Waals surface area (Å²) in [5.74, 6) is 1.01. The van der Waals surface area contributed by atoms with Crippen molar-refractivity contribution in [3.8, 4) is 0 Å². The lowest BCUT2D eigenvalue weighted by Gasteiger charge is -2.44. The van der Waals surface area contributed by atoms with E-state index in [0.717, 1.165) is 5.92 Å². The topological polar surface area (TPSA) is 12.0 Å². The molecule has 2 atom stereocenters. The number of hydrogen-bond donors (Lipinski definition) is 1. The highest BCUT2D eigenvalue weighted by Gasteiger charge is 2.36. The fraction of sp³-hybridized carbons (Fsp3) is 1.00. The first kappa shape index (κ1) is 9.51. The molecule has 2 unspecified atom stereocenters. The van der Waals surface area contributed by atoms with Crippen LogP contribution in [0.1, 0.15) is 58.3 Å². The molecule has 76 valence electrons. The zero-order valence-corrected chi connectivity index (χ0v) is 8.94. The summed E-state index contributed by atoms with van der Waals surface area (Å²) >= 11 is 0. The van der Waals surface area contributed by atoms with E-state index in [-0.39, 0.29) is 0 Å². The molecule has 1 nitrogen and oxygen atoms in total. The van der Waals surface area contributed by atoms with Crippen molar-refractivity contribution < 1.29 is 0 Å². The Morgan fingerprint density at radius 1 is 1.23 bits per heavy atom. The zero-order chi connectivity index (χ0) is 9.15. The van der Waals surface area contributed by atoms with E-state index < -0.39 is 0 Å². The second kappa shape index (κ2) is 4.00. The highest BCUT2D eigenvalue weighted by atomic mass is 15.0. The molecule has 1 heteroatoms. The maximum atomic E-state index is 3.80. The third-order valence-corrected chi connectivity index (χ3v) is 4.11. The first-order valence-electron chi connectivity index (χ1n) is 6.10. The molecular weight excluding hydrogens is 158 g/mol. The van der Waals surface area contributed by atoms with Gasteiger partial charge in [-0.1, -0.05) is 32.6 Å². The van der Waals surface area contributed by atoms with Gasteiger partial charge in [0.05, 0.1) is 0 Å². The van der Waals surface area contributed by atoms with Crippen molar-refractivity contribution in [2.45, 2.75) is 63.8 Å². The van der Waals surface area contributed by atoms with Crippen LogP contribution in [0.4, 0.5) is 0 Å². The molecule has 0 amide bonds. The molecule has 2 aliphatic rings. The number of nitrogens with one attached hydrogen (secondary N) is 1. The maximum absolute atomic E-state index is 3.80. The number of hydrogen-bond acceptors (Lipinski definition) is 1. The Bertz CT molecular complexity index is 153. The normalized spacial score (nSPS) is 40.8. The SMILES string of the molecule is CCC1CCCC2(CCCCN2)C1. The smallest absolute Gasteiger partial charge is 0.0184 e. The van der Waals surface area contributed by atoms with Gasteiger partial charge in [-0.25, -0.2) is 0 Å². The van der Waals surface area contributed by atoms with E-state index in [9.17, 15) is 0 Å². The fourth-order valence-corrected chi connectivity index (χ4v) is 3.25. The molecule has 1 N–H and O–H groups in total. The minimum absolute atomic E-state index is 0.581. The van der Waals surface area contributed by atoms with Gasteiger partial charge in [0.15, 0.2) is 0 Å². The fourth-order valence-electron chi connectivity index (χ4n) is 3.25. The average molecular weight is 181 g/mol. The second-order valence-corrected chi connectivity index (χ2v) is 5.03. The molecule has 0 radical (unpaired) electrons. The summed E-state index contributed by atoms with van der Waals surface area (Å²) in [6.07, 6.45) is 11.6. The summed E-state index contributed by atoms with van der Waals surface area (Å²) in [4.78, 5) is 0. The van der Waals surface area contributed by atoms with Crippen LogP contribution in [0.5, 0.6) is 0 Å². The molecule has 2 fully saturated rings. The maximum Gasteiger partial charge on any atom is 0.0184 e. The molecule has 1 aliphatic carbocycles.